The molecule has 0 aliphatic heterocycles. The van der Waals surface area contributed by atoms with E-state index in [-0.39, 0.29) is 0 Å². The molecule has 0 aliphatic carbocycles. The van der Waals surface area contributed by atoms with Gasteiger partial charge in [0.05, 0.1) is 0 Å². The van der Waals surface area contributed by atoms with Crippen LogP contribution >= 0.6 is 0 Å². The smallest absolute Gasteiger partial charge is 0.337 e. The largest absolute Gasteiger partial charge is 0.398 e. The Labute approximate surface area is 237 Å². The predicted octanol–water partition coefficient (Wildman–Crippen LogP) is 12.7. The molecule has 0 aromatic carbocycles. The number of rotatable bonds is 32. The molecule has 0 aromatic heterocycles. The van der Waals surface area contributed by atoms with Gasteiger partial charge in [0, 0.05) is 14.2 Å². The van der Waals surface area contributed by atoms with Gasteiger partial charge in [0.15, 0.2) is 0 Å². The van der Waals surface area contributed by atoms with Gasteiger partial charge >= 0.3 is 8.56 Å². The van der Waals surface area contributed by atoms with E-state index in [9.17, 15) is 0 Å². The third kappa shape index (κ3) is 26.1. The molecule has 0 unspecified atom stereocenters. The molecule has 0 saturated carbocycles. The van der Waals surface area contributed by atoms with Gasteiger partial charge in [-0.1, -0.05) is 194 Å². The molecule has 0 bridgehead atoms. The summed E-state index contributed by atoms with van der Waals surface area (Å²) in [4.78, 5) is 0. The van der Waals surface area contributed by atoms with Crippen LogP contribution in [-0.2, 0) is 8.85 Å². The van der Waals surface area contributed by atoms with Crippen molar-refractivity contribution in [2.75, 3.05) is 14.2 Å². The molecule has 0 amide bonds. The van der Waals surface area contributed by atoms with Crippen LogP contribution in [0.5, 0.6) is 0 Å². The van der Waals surface area contributed by atoms with Gasteiger partial charge in [-0.25, -0.2) is 0 Å². The van der Waals surface area contributed by atoms with Crippen LogP contribution in [0.2, 0.25) is 12.1 Å². The molecule has 0 rings (SSSR count). The predicted molar refractivity (Wildman–Crippen MR) is 170 cm³/mol. The minimum absolute atomic E-state index is 1.19. The van der Waals surface area contributed by atoms with Gasteiger partial charge in [-0.2, -0.15) is 0 Å². The SMILES string of the molecule is CCCCCCCCCCCCCCCCCCCC[Si](CCCCCCCCCCCC)(OC)OC. The molecule has 0 N–H and O–H groups in total. The molecule has 0 aromatic rings. The fraction of sp³-hybridized carbons (Fsp3) is 1.00. The number of hydrogen-bond acceptors (Lipinski definition) is 2. The molecule has 0 spiro atoms. The Hall–Kier alpha value is 0.137. The molecule has 0 fully saturated rings. The second kappa shape index (κ2) is 30.7. The van der Waals surface area contributed by atoms with Crippen molar-refractivity contribution in [3.8, 4) is 0 Å². The maximum Gasteiger partial charge on any atom is 0.337 e. The van der Waals surface area contributed by atoms with Gasteiger partial charge in [-0.15, -0.1) is 0 Å². The van der Waals surface area contributed by atoms with Crippen LogP contribution in [0.25, 0.3) is 0 Å². The van der Waals surface area contributed by atoms with E-state index in [4.69, 9.17) is 8.85 Å². The highest BCUT2D eigenvalue weighted by Crippen LogP contribution is 2.25. The zero-order chi connectivity index (χ0) is 27.1. The van der Waals surface area contributed by atoms with Gasteiger partial charge in [0.2, 0.25) is 0 Å². The second-order valence-electron chi connectivity index (χ2n) is 12.0. The maximum absolute atomic E-state index is 6.02. The Bertz CT molecular complexity index is 411. The lowest BCUT2D eigenvalue weighted by Crippen LogP contribution is -2.39. The summed E-state index contributed by atoms with van der Waals surface area (Å²) in [5.41, 5.74) is 0. The first kappa shape index (κ1) is 37.1. The monoisotopic (exact) mass is 541 g/mol. The topological polar surface area (TPSA) is 18.5 Å². The lowest BCUT2D eigenvalue weighted by molar-refractivity contribution is 0.238. The quantitative estimate of drug-likeness (QED) is 0.0623. The summed E-state index contributed by atoms with van der Waals surface area (Å²) in [6.07, 6.45) is 39.8. The van der Waals surface area contributed by atoms with Crippen molar-refractivity contribution in [1.29, 1.82) is 0 Å². The van der Waals surface area contributed by atoms with E-state index in [1.54, 1.807) is 0 Å². The second-order valence-corrected chi connectivity index (χ2v) is 15.6. The average molecular weight is 541 g/mol. The van der Waals surface area contributed by atoms with Crippen LogP contribution in [0.15, 0.2) is 0 Å². The van der Waals surface area contributed by atoms with E-state index < -0.39 is 8.56 Å². The Balaban J connectivity index is 3.49. The maximum atomic E-state index is 6.02. The van der Waals surface area contributed by atoms with Crippen LogP contribution in [0.3, 0.4) is 0 Å². The molecule has 0 atom stereocenters. The molecule has 224 valence electrons. The van der Waals surface area contributed by atoms with Crippen LogP contribution in [0, 0.1) is 0 Å². The Morgan fingerprint density at radius 3 is 0.676 bits per heavy atom. The molecule has 3 heteroatoms. The molecule has 37 heavy (non-hydrogen) atoms. The molecular formula is C34H72O2Si. The average Bonchev–Trinajstić information content (AvgIpc) is 2.92. The third-order valence-corrected chi connectivity index (χ3v) is 12.3. The highest BCUT2D eigenvalue weighted by atomic mass is 28.4. The fourth-order valence-corrected chi connectivity index (χ4v) is 8.60. The van der Waals surface area contributed by atoms with Gasteiger partial charge < -0.3 is 8.85 Å². The first-order chi connectivity index (χ1) is 18.2. The fourth-order valence-electron chi connectivity index (χ4n) is 5.79. The lowest BCUT2D eigenvalue weighted by Gasteiger charge is -2.27. The Morgan fingerprint density at radius 1 is 0.297 bits per heavy atom. The summed E-state index contributed by atoms with van der Waals surface area (Å²) in [5, 5.41) is 0. The van der Waals surface area contributed by atoms with Crippen molar-refractivity contribution < 1.29 is 8.85 Å². The van der Waals surface area contributed by atoms with Crippen molar-refractivity contribution >= 4 is 8.56 Å². The van der Waals surface area contributed by atoms with Crippen molar-refractivity contribution in [2.45, 2.75) is 206 Å². The van der Waals surface area contributed by atoms with E-state index in [0.717, 1.165) is 0 Å². The third-order valence-electron chi connectivity index (χ3n) is 8.57. The zero-order valence-electron chi connectivity index (χ0n) is 26.5. The summed E-state index contributed by atoms with van der Waals surface area (Å²) in [6, 6.07) is 2.38. The number of unbranched alkanes of at least 4 members (excludes halogenated alkanes) is 26. The number of hydrogen-bond donors (Lipinski definition) is 0. The molecule has 0 radical (unpaired) electrons. The van der Waals surface area contributed by atoms with Gasteiger partial charge in [-0.3, -0.25) is 0 Å². The van der Waals surface area contributed by atoms with E-state index in [1.165, 1.54) is 192 Å². The summed E-state index contributed by atoms with van der Waals surface area (Å²) >= 11 is 0. The first-order valence-electron chi connectivity index (χ1n) is 17.3. The standard InChI is InChI=1S/C34H72O2Si/c1-5-7-9-11-13-15-17-18-19-20-21-22-23-24-26-28-30-32-34-37(35-3,36-4)33-31-29-27-25-16-14-12-10-8-6-2/h5-34H2,1-4H3. The van der Waals surface area contributed by atoms with E-state index in [1.807, 2.05) is 14.2 Å². The highest BCUT2D eigenvalue weighted by Gasteiger charge is 2.33. The van der Waals surface area contributed by atoms with Crippen LogP contribution in [0.1, 0.15) is 194 Å². The lowest BCUT2D eigenvalue weighted by atomic mass is 10.0. The van der Waals surface area contributed by atoms with Crippen molar-refractivity contribution in [2.24, 2.45) is 0 Å². The van der Waals surface area contributed by atoms with E-state index >= 15 is 0 Å². The Kier molecular flexibility index (Phi) is 30.8. The molecule has 2 nitrogen and oxygen atoms in total. The van der Waals surface area contributed by atoms with Crippen LogP contribution < -0.4 is 0 Å². The van der Waals surface area contributed by atoms with Crippen molar-refractivity contribution in [3.05, 3.63) is 0 Å². The summed E-state index contributed by atoms with van der Waals surface area (Å²) in [6.45, 7) is 4.60. The summed E-state index contributed by atoms with van der Waals surface area (Å²) in [5.74, 6) is 0. The normalized spacial score (nSPS) is 12.0. The van der Waals surface area contributed by atoms with Crippen LogP contribution in [0.4, 0.5) is 0 Å². The minimum atomic E-state index is -1.94. The zero-order valence-corrected chi connectivity index (χ0v) is 27.5. The van der Waals surface area contributed by atoms with Gasteiger partial charge in [-0.05, 0) is 12.1 Å². The van der Waals surface area contributed by atoms with E-state index in [2.05, 4.69) is 13.8 Å². The van der Waals surface area contributed by atoms with Gasteiger partial charge in [0.25, 0.3) is 0 Å². The van der Waals surface area contributed by atoms with Gasteiger partial charge in [0.1, 0.15) is 0 Å². The first-order valence-corrected chi connectivity index (χ1v) is 19.6. The van der Waals surface area contributed by atoms with E-state index in [0.29, 0.717) is 0 Å². The van der Waals surface area contributed by atoms with Crippen LogP contribution in [-0.4, -0.2) is 22.8 Å². The summed E-state index contributed by atoms with van der Waals surface area (Å²) < 4.78 is 12.0. The van der Waals surface area contributed by atoms with Crippen molar-refractivity contribution in [1.82, 2.24) is 0 Å². The van der Waals surface area contributed by atoms with Crippen molar-refractivity contribution in [3.63, 3.8) is 0 Å². The molecule has 0 saturated heterocycles. The molecule has 0 heterocycles. The minimum Gasteiger partial charge on any atom is -0.398 e. The Morgan fingerprint density at radius 2 is 0.486 bits per heavy atom. The molecule has 0 aliphatic rings. The summed E-state index contributed by atoms with van der Waals surface area (Å²) in [7, 11) is 1.86. The highest BCUT2D eigenvalue weighted by molar-refractivity contribution is 6.67. The molecular weight excluding hydrogens is 468 g/mol.